The molecule has 0 bridgehead atoms. The second kappa shape index (κ2) is 3.54. The van der Waals surface area contributed by atoms with Crippen molar-refractivity contribution in [3.05, 3.63) is 23.5 Å². The molecule has 0 aromatic rings. The second-order valence-corrected chi connectivity index (χ2v) is 3.16. The first-order valence-electron chi connectivity index (χ1n) is 2.54. The quantitative estimate of drug-likeness (QED) is 0.477. The zero-order valence-corrected chi connectivity index (χ0v) is 6.48. The van der Waals surface area contributed by atoms with Crippen LogP contribution >= 0.6 is 8.03 Å². The number of rotatable bonds is 2. The van der Waals surface area contributed by atoms with E-state index >= 15 is 0 Å². The molecule has 0 aliphatic carbocycles. The van der Waals surface area contributed by atoms with E-state index in [4.69, 9.17) is 4.89 Å². The van der Waals surface area contributed by atoms with Gasteiger partial charge in [-0.1, -0.05) is 12.2 Å². The van der Waals surface area contributed by atoms with E-state index in [1.807, 2.05) is 0 Å². The zero-order chi connectivity index (χ0) is 7.44. The van der Waals surface area contributed by atoms with Crippen molar-refractivity contribution < 1.29 is 9.46 Å². The Bertz CT molecular complexity index is 170. The lowest BCUT2D eigenvalue weighted by Gasteiger charge is -1.80. The van der Waals surface area contributed by atoms with Gasteiger partial charge in [-0.25, -0.2) is 0 Å². The van der Waals surface area contributed by atoms with Gasteiger partial charge in [-0.3, -0.25) is 0 Å². The molecular weight excluding hydrogens is 135 g/mol. The van der Waals surface area contributed by atoms with E-state index in [9.17, 15) is 4.57 Å². The largest absolute Gasteiger partial charge is 0.541 e. The Balaban J connectivity index is 4.17. The van der Waals surface area contributed by atoms with Crippen LogP contribution in [-0.2, 0) is 4.57 Å². The fourth-order valence-corrected chi connectivity index (χ4v) is 0.743. The summed E-state index contributed by atoms with van der Waals surface area (Å²) in [6.07, 6.45) is 1.60. The van der Waals surface area contributed by atoms with Crippen molar-refractivity contribution in [1.29, 1.82) is 0 Å². The fourth-order valence-electron chi connectivity index (χ4n) is 0.412. The van der Waals surface area contributed by atoms with Gasteiger partial charge in [0, 0.05) is 6.92 Å². The lowest BCUT2D eigenvalue weighted by molar-refractivity contribution is 0.509. The molecular formula is C6H10O2P+. The maximum atomic E-state index is 10.3. The maximum absolute atomic E-state index is 10.3. The van der Waals surface area contributed by atoms with Crippen LogP contribution in [-0.4, -0.2) is 4.89 Å². The first kappa shape index (κ1) is 8.54. The molecule has 0 saturated carbocycles. The summed E-state index contributed by atoms with van der Waals surface area (Å²) in [6, 6.07) is 0. The van der Waals surface area contributed by atoms with Crippen molar-refractivity contribution in [3.8, 4) is 0 Å². The Morgan fingerprint density at radius 3 is 2.22 bits per heavy atom. The summed E-state index contributed by atoms with van der Waals surface area (Å²) in [5.74, 6) is 0. The summed E-state index contributed by atoms with van der Waals surface area (Å²) in [5.41, 5.74) is 0.796. The molecule has 0 saturated heterocycles. The van der Waals surface area contributed by atoms with E-state index in [0.717, 1.165) is 5.57 Å². The van der Waals surface area contributed by atoms with Crippen molar-refractivity contribution in [2.75, 3.05) is 0 Å². The molecule has 0 heterocycles. The monoisotopic (exact) mass is 145 g/mol. The van der Waals surface area contributed by atoms with Crippen LogP contribution in [0.1, 0.15) is 13.8 Å². The van der Waals surface area contributed by atoms with E-state index in [-0.39, 0.29) is 0 Å². The third-order valence-electron chi connectivity index (χ3n) is 0.757. The van der Waals surface area contributed by atoms with E-state index in [0.29, 0.717) is 5.31 Å². The molecule has 1 atom stereocenters. The molecule has 0 rings (SSSR count). The summed E-state index contributed by atoms with van der Waals surface area (Å²) in [7, 11) is -2.14. The van der Waals surface area contributed by atoms with Crippen LogP contribution in [0.2, 0.25) is 0 Å². The van der Waals surface area contributed by atoms with Gasteiger partial charge < -0.3 is 0 Å². The minimum atomic E-state index is -2.14. The molecule has 2 nitrogen and oxygen atoms in total. The van der Waals surface area contributed by atoms with Crippen molar-refractivity contribution >= 4 is 8.03 Å². The van der Waals surface area contributed by atoms with Crippen LogP contribution in [0.5, 0.6) is 0 Å². The highest BCUT2D eigenvalue weighted by Crippen LogP contribution is 2.26. The summed E-state index contributed by atoms with van der Waals surface area (Å²) in [5, 5.41) is 0.470. The molecule has 0 aromatic carbocycles. The van der Waals surface area contributed by atoms with Crippen molar-refractivity contribution in [2.24, 2.45) is 0 Å². The van der Waals surface area contributed by atoms with Gasteiger partial charge in [-0.15, -0.1) is 0 Å². The second-order valence-electron chi connectivity index (χ2n) is 1.91. The molecule has 0 aliphatic rings. The van der Waals surface area contributed by atoms with Gasteiger partial charge >= 0.3 is 8.03 Å². The SMILES string of the molecule is C=C(C)C=C(C)[P+](=O)O. The highest BCUT2D eigenvalue weighted by atomic mass is 31.1. The normalized spacial score (nSPS) is 13.2. The Hall–Kier alpha value is -0.460. The molecule has 0 aromatic heterocycles. The number of hydrogen-bond acceptors (Lipinski definition) is 1. The predicted molar refractivity (Wildman–Crippen MR) is 38.4 cm³/mol. The number of allylic oxidation sites excluding steroid dienone is 3. The maximum Gasteiger partial charge on any atom is 0.541 e. The van der Waals surface area contributed by atoms with Crippen molar-refractivity contribution in [2.45, 2.75) is 13.8 Å². The molecule has 9 heavy (non-hydrogen) atoms. The van der Waals surface area contributed by atoms with Gasteiger partial charge in [-0.2, -0.15) is 4.89 Å². The Morgan fingerprint density at radius 1 is 1.67 bits per heavy atom. The van der Waals surface area contributed by atoms with Crippen LogP contribution in [0.15, 0.2) is 23.5 Å². The fraction of sp³-hybridized carbons (Fsp3) is 0.333. The highest BCUT2D eigenvalue weighted by molar-refractivity contribution is 7.43. The van der Waals surface area contributed by atoms with Crippen LogP contribution in [0.4, 0.5) is 0 Å². The molecule has 3 heteroatoms. The average Bonchev–Trinajstić information content (AvgIpc) is 1.63. The topological polar surface area (TPSA) is 37.3 Å². The first-order valence-corrected chi connectivity index (χ1v) is 3.75. The molecule has 0 spiro atoms. The van der Waals surface area contributed by atoms with E-state index < -0.39 is 8.03 Å². The Morgan fingerprint density at radius 2 is 2.11 bits per heavy atom. The number of hydrogen-bond donors (Lipinski definition) is 1. The van der Waals surface area contributed by atoms with E-state index in [1.54, 1.807) is 19.9 Å². The standard InChI is InChI=1S/C6H9O2P/c1-5(2)4-6(3)9(7)8/h4H,1H2,2-3H3/p+1. The lowest BCUT2D eigenvalue weighted by atomic mass is 10.3. The van der Waals surface area contributed by atoms with Gasteiger partial charge in [0.25, 0.3) is 0 Å². The Labute approximate surface area is 55.8 Å². The van der Waals surface area contributed by atoms with Crippen LogP contribution in [0.25, 0.3) is 0 Å². The summed E-state index contributed by atoms with van der Waals surface area (Å²) in [4.78, 5) is 8.47. The van der Waals surface area contributed by atoms with Gasteiger partial charge in [0.2, 0.25) is 0 Å². The van der Waals surface area contributed by atoms with Crippen molar-refractivity contribution in [3.63, 3.8) is 0 Å². The minimum absolute atomic E-state index is 0.470. The summed E-state index contributed by atoms with van der Waals surface area (Å²) < 4.78 is 10.3. The van der Waals surface area contributed by atoms with Crippen LogP contribution in [0, 0.1) is 0 Å². The average molecular weight is 145 g/mol. The van der Waals surface area contributed by atoms with Gasteiger partial charge in [0.05, 0.1) is 0 Å². The highest BCUT2D eigenvalue weighted by Gasteiger charge is 2.12. The van der Waals surface area contributed by atoms with E-state index in [1.165, 1.54) is 0 Å². The summed E-state index contributed by atoms with van der Waals surface area (Å²) >= 11 is 0. The van der Waals surface area contributed by atoms with Crippen molar-refractivity contribution in [1.82, 2.24) is 0 Å². The van der Waals surface area contributed by atoms with E-state index in [2.05, 4.69) is 6.58 Å². The molecule has 0 aliphatic heterocycles. The molecule has 50 valence electrons. The minimum Gasteiger partial charge on any atom is -0.156 e. The first-order chi connectivity index (χ1) is 4.04. The lowest BCUT2D eigenvalue weighted by Crippen LogP contribution is -1.67. The molecule has 0 radical (unpaired) electrons. The molecule has 1 unspecified atom stereocenters. The molecule has 0 amide bonds. The molecule has 1 N–H and O–H groups in total. The Kier molecular flexibility index (Phi) is 3.36. The summed E-state index contributed by atoms with van der Waals surface area (Å²) in [6.45, 7) is 6.95. The third-order valence-corrected chi connectivity index (χ3v) is 1.49. The smallest absolute Gasteiger partial charge is 0.156 e. The third kappa shape index (κ3) is 4.07. The van der Waals surface area contributed by atoms with Crippen LogP contribution in [0.3, 0.4) is 0 Å². The van der Waals surface area contributed by atoms with Gasteiger partial charge in [0.1, 0.15) is 0 Å². The predicted octanol–water partition coefficient (Wildman–Crippen LogP) is 2.20. The molecule has 0 fully saturated rings. The zero-order valence-electron chi connectivity index (χ0n) is 5.59. The van der Waals surface area contributed by atoms with Gasteiger partial charge in [0.15, 0.2) is 5.31 Å². The van der Waals surface area contributed by atoms with Crippen LogP contribution < -0.4 is 0 Å². The van der Waals surface area contributed by atoms with Gasteiger partial charge in [-0.05, 0) is 17.6 Å².